The quantitative estimate of drug-likeness (QED) is 0.681. The maximum Gasteiger partial charge on any atom is 0.142 e. The van der Waals surface area contributed by atoms with Crippen molar-refractivity contribution in [1.29, 1.82) is 5.26 Å². The second kappa shape index (κ2) is 6.54. The molecule has 4 nitrogen and oxygen atoms in total. The number of carbonyl (C=O) groups is 1. The molecule has 0 saturated heterocycles. The van der Waals surface area contributed by atoms with Crippen LogP contribution in [0, 0.1) is 11.3 Å². The number of halogens is 1. The van der Waals surface area contributed by atoms with Crippen LogP contribution in [-0.4, -0.2) is 12.9 Å². The number of fused-ring (bicyclic) bond motifs is 1. The Balaban J connectivity index is 1.89. The van der Waals surface area contributed by atoms with Crippen molar-refractivity contribution < 1.29 is 9.53 Å². The van der Waals surface area contributed by atoms with E-state index in [0.29, 0.717) is 22.0 Å². The minimum atomic E-state index is -0.696. The second-order valence-electron chi connectivity index (χ2n) is 6.08. The fourth-order valence-corrected chi connectivity index (χ4v) is 3.44. The van der Waals surface area contributed by atoms with E-state index >= 15 is 0 Å². The van der Waals surface area contributed by atoms with Crippen LogP contribution in [0.15, 0.2) is 36.4 Å². The molecule has 0 saturated carbocycles. The lowest BCUT2D eigenvalue weighted by molar-refractivity contribution is -0.114. The SMILES string of the molecule is N#Cc1ccc(OC[C@@]2(C=O)CCCc3cc(Cl)ccc32)c(N)c1. The number of nitrogen functional groups attached to an aromatic ring is 1. The average molecular weight is 341 g/mol. The summed E-state index contributed by atoms with van der Waals surface area (Å²) >= 11 is 6.07. The topological polar surface area (TPSA) is 76.1 Å². The highest BCUT2D eigenvalue weighted by molar-refractivity contribution is 6.30. The van der Waals surface area contributed by atoms with Gasteiger partial charge in [-0.2, -0.15) is 5.26 Å². The van der Waals surface area contributed by atoms with Crippen LogP contribution in [0.5, 0.6) is 5.75 Å². The lowest BCUT2D eigenvalue weighted by atomic mass is 9.71. The Morgan fingerprint density at radius 3 is 2.88 bits per heavy atom. The van der Waals surface area contributed by atoms with Crippen molar-refractivity contribution in [2.24, 2.45) is 0 Å². The summed E-state index contributed by atoms with van der Waals surface area (Å²) in [7, 11) is 0. The molecule has 0 fully saturated rings. The summed E-state index contributed by atoms with van der Waals surface area (Å²) in [5, 5.41) is 9.57. The van der Waals surface area contributed by atoms with Crippen molar-refractivity contribution in [1.82, 2.24) is 0 Å². The van der Waals surface area contributed by atoms with Crippen LogP contribution in [0.1, 0.15) is 29.5 Å². The number of nitriles is 1. The summed E-state index contributed by atoms with van der Waals surface area (Å²) in [5.74, 6) is 0.483. The molecule has 0 heterocycles. The smallest absolute Gasteiger partial charge is 0.142 e. The fraction of sp³-hybridized carbons (Fsp3) is 0.263. The summed E-state index contributed by atoms with van der Waals surface area (Å²) in [4.78, 5) is 11.9. The van der Waals surface area contributed by atoms with Gasteiger partial charge in [-0.15, -0.1) is 0 Å². The molecule has 0 radical (unpaired) electrons. The molecular formula is C19H17ClN2O2. The minimum Gasteiger partial charge on any atom is -0.490 e. The highest BCUT2D eigenvalue weighted by atomic mass is 35.5. The van der Waals surface area contributed by atoms with Gasteiger partial charge in [-0.3, -0.25) is 0 Å². The molecule has 0 aliphatic heterocycles. The van der Waals surface area contributed by atoms with Gasteiger partial charge in [-0.25, -0.2) is 0 Å². The Kier molecular flexibility index (Phi) is 4.46. The molecule has 0 amide bonds. The minimum absolute atomic E-state index is 0.210. The number of aryl methyl sites for hydroxylation is 1. The standard InChI is InChI=1S/C19H17ClN2O2/c20-15-4-5-16-14(9-15)2-1-7-19(16,11-23)12-24-18-6-3-13(10-21)8-17(18)22/h3-6,8-9,11H,1-2,7,12,22H2/t19-/m0/s1. The van der Waals surface area contributed by atoms with Crippen molar-refractivity contribution in [3.8, 4) is 11.8 Å². The molecule has 1 aliphatic carbocycles. The van der Waals surface area contributed by atoms with E-state index in [4.69, 9.17) is 27.3 Å². The zero-order chi connectivity index (χ0) is 17.2. The van der Waals surface area contributed by atoms with E-state index in [1.54, 1.807) is 24.3 Å². The van der Waals surface area contributed by atoms with Crippen LogP contribution < -0.4 is 10.5 Å². The van der Waals surface area contributed by atoms with Gasteiger partial charge in [0.05, 0.1) is 22.7 Å². The molecule has 5 heteroatoms. The van der Waals surface area contributed by atoms with Gasteiger partial charge >= 0.3 is 0 Å². The molecule has 0 aromatic heterocycles. The fourth-order valence-electron chi connectivity index (χ4n) is 3.25. The first-order valence-corrected chi connectivity index (χ1v) is 8.13. The van der Waals surface area contributed by atoms with Gasteiger partial charge in [0, 0.05) is 5.02 Å². The van der Waals surface area contributed by atoms with E-state index in [-0.39, 0.29) is 6.61 Å². The van der Waals surface area contributed by atoms with Crippen molar-refractivity contribution in [2.45, 2.75) is 24.7 Å². The van der Waals surface area contributed by atoms with Crippen LogP contribution >= 0.6 is 11.6 Å². The molecule has 0 spiro atoms. The third-order valence-electron chi connectivity index (χ3n) is 4.52. The van der Waals surface area contributed by atoms with E-state index in [0.717, 1.165) is 36.7 Å². The van der Waals surface area contributed by atoms with Crippen LogP contribution in [-0.2, 0) is 16.6 Å². The van der Waals surface area contributed by atoms with Gasteiger partial charge in [0.15, 0.2) is 0 Å². The van der Waals surface area contributed by atoms with Crippen LogP contribution in [0.25, 0.3) is 0 Å². The monoisotopic (exact) mass is 340 g/mol. The first kappa shape index (κ1) is 16.4. The molecule has 1 atom stereocenters. The Bertz CT molecular complexity index is 829. The van der Waals surface area contributed by atoms with Crippen LogP contribution in [0.4, 0.5) is 5.69 Å². The Hall–Kier alpha value is -2.51. The third kappa shape index (κ3) is 2.95. The number of hydrogen-bond donors (Lipinski definition) is 1. The van der Waals surface area contributed by atoms with Gasteiger partial charge in [0.25, 0.3) is 0 Å². The van der Waals surface area contributed by atoms with Crippen LogP contribution in [0.2, 0.25) is 5.02 Å². The zero-order valence-corrected chi connectivity index (χ0v) is 13.8. The number of nitrogens with zero attached hydrogens (tertiary/aromatic N) is 1. The maximum atomic E-state index is 11.9. The van der Waals surface area contributed by atoms with Gasteiger partial charge in [-0.1, -0.05) is 17.7 Å². The largest absolute Gasteiger partial charge is 0.490 e. The van der Waals surface area contributed by atoms with E-state index in [1.165, 1.54) is 0 Å². The molecule has 2 aromatic rings. The zero-order valence-electron chi connectivity index (χ0n) is 13.1. The van der Waals surface area contributed by atoms with E-state index in [2.05, 4.69) is 0 Å². The molecule has 3 rings (SSSR count). The maximum absolute atomic E-state index is 11.9. The Morgan fingerprint density at radius 1 is 1.33 bits per heavy atom. The molecule has 0 bridgehead atoms. The first-order chi connectivity index (χ1) is 11.6. The summed E-state index contributed by atoms with van der Waals surface area (Å²) in [6.45, 7) is 0.210. The van der Waals surface area contributed by atoms with Gasteiger partial charge < -0.3 is 15.3 Å². The van der Waals surface area contributed by atoms with Crippen LogP contribution in [0.3, 0.4) is 0 Å². The third-order valence-corrected chi connectivity index (χ3v) is 4.76. The van der Waals surface area contributed by atoms with Crippen molar-refractivity contribution >= 4 is 23.6 Å². The normalized spacial score (nSPS) is 19.2. The van der Waals surface area contributed by atoms with Crippen molar-refractivity contribution in [2.75, 3.05) is 12.3 Å². The molecule has 2 N–H and O–H groups in total. The van der Waals surface area contributed by atoms with Gasteiger partial charge in [-0.05, 0) is 60.7 Å². The molecule has 2 aromatic carbocycles. The lowest BCUT2D eigenvalue weighted by Crippen LogP contribution is -2.38. The molecule has 0 unspecified atom stereocenters. The Morgan fingerprint density at radius 2 is 2.17 bits per heavy atom. The summed E-state index contributed by atoms with van der Waals surface area (Å²) < 4.78 is 5.86. The number of hydrogen-bond acceptors (Lipinski definition) is 4. The number of nitrogens with two attached hydrogens (primary N) is 1. The first-order valence-electron chi connectivity index (χ1n) is 7.76. The number of carbonyl (C=O) groups excluding carboxylic acids is 1. The molecule has 24 heavy (non-hydrogen) atoms. The van der Waals surface area contributed by atoms with Gasteiger partial charge in [0.2, 0.25) is 0 Å². The van der Waals surface area contributed by atoms with E-state index in [1.807, 2.05) is 18.2 Å². The van der Waals surface area contributed by atoms with E-state index < -0.39 is 5.41 Å². The highest BCUT2D eigenvalue weighted by Gasteiger charge is 2.37. The lowest BCUT2D eigenvalue weighted by Gasteiger charge is -2.34. The number of anilines is 1. The van der Waals surface area contributed by atoms with Gasteiger partial charge in [0.1, 0.15) is 18.6 Å². The number of rotatable bonds is 4. The van der Waals surface area contributed by atoms with Crippen molar-refractivity contribution in [3.63, 3.8) is 0 Å². The summed E-state index contributed by atoms with van der Waals surface area (Å²) in [5.41, 5.74) is 8.17. The Labute approximate surface area is 145 Å². The number of benzene rings is 2. The summed E-state index contributed by atoms with van der Waals surface area (Å²) in [6.07, 6.45) is 3.50. The molecule has 122 valence electrons. The molecular weight excluding hydrogens is 324 g/mol. The van der Waals surface area contributed by atoms with Crippen molar-refractivity contribution in [3.05, 3.63) is 58.1 Å². The number of aldehydes is 1. The average Bonchev–Trinajstić information content (AvgIpc) is 2.60. The second-order valence-corrected chi connectivity index (χ2v) is 6.52. The predicted octanol–water partition coefficient (Wildman–Crippen LogP) is 3.65. The number of ether oxygens (including phenoxy) is 1. The predicted molar refractivity (Wildman–Crippen MR) is 93.2 cm³/mol. The van der Waals surface area contributed by atoms with E-state index in [9.17, 15) is 4.79 Å². The summed E-state index contributed by atoms with van der Waals surface area (Å²) in [6, 6.07) is 12.6. The highest BCUT2D eigenvalue weighted by Crippen LogP contribution is 2.38. The molecule has 1 aliphatic rings.